The number of carbonyl (C=O) groups excluding carboxylic acids is 3. The molecular formula is C25H24Cl2N2O5. The van der Waals surface area contributed by atoms with Crippen molar-refractivity contribution >= 4 is 40.8 Å². The number of fused-ring (bicyclic) bond motifs is 6. The molecule has 0 spiro atoms. The Morgan fingerprint density at radius 2 is 1.88 bits per heavy atom. The maximum absolute atomic E-state index is 13.6. The highest BCUT2D eigenvalue weighted by molar-refractivity contribution is 6.50. The van der Waals surface area contributed by atoms with Gasteiger partial charge >= 0.3 is 0 Å². The van der Waals surface area contributed by atoms with Gasteiger partial charge in [-0.1, -0.05) is 29.3 Å². The maximum Gasteiger partial charge on any atom is 0.296 e. The second kappa shape index (κ2) is 8.78. The second-order valence-electron chi connectivity index (χ2n) is 8.79. The van der Waals surface area contributed by atoms with Gasteiger partial charge in [-0.05, 0) is 49.4 Å². The van der Waals surface area contributed by atoms with Crippen LogP contribution in [0.5, 0.6) is 11.5 Å². The quantitative estimate of drug-likeness (QED) is 0.464. The predicted molar refractivity (Wildman–Crippen MR) is 127 cm³/mol. The third kappa shape index (κ3) is 3.45. The Kier molecular flexibility index (Phi) is 5.94. The number of halogens is 2. The van der Waals surface area contributed by atoms with E-state index in [0.717, 1.165) is 17.5 Å². The normalized spacial score (nSPS) is 23.2. The number of Topliss-reactive ketones (excluding diaryl/α,β-unsaturated/α-hetero) is 1. The number of piperazine rings is 1. The van der Waals surface area contributed by atoms with Crippen molar-refractivity contribution < 1.29 is 23.9 Å². The molecule has 3 heterocycles. The molecule has 7 nitrogen and oxygen atoms in total. The van der Waals surface area contributed by atoms with E-state index in [9.17, 15) is 14.4 Å². The smallest absolute Gasteiger partial charge is 0.296 e. The Labute approximate surface area is 207 Å². The fraction of sp³-hybridized carbons (Fsp3) is 0.400. The van der Waals surface area contributed by atoms with Gasteiger partial charge in [0.1, 0.15) is 17.5 Å². The molecule has 2 saturated heterocycles. The van der Waals surface area contributed by atoms with Gasteiger partial charge in [0.2, 0.25) is 5.91 Å². The molecule has 2 aromatic rings. The molecule has 3 atom stereocenters. The van der Waals surface area contributed by atoms with E-state index in [1.54, 1.807) is 32.4 Å². The molecule has 2 aromatic carbocycles. The Bertz CT molecular complexity index is 1180. The van der Waals surface area contributed by atoms with Crippen LogP contribution in [0, 0.1) is 0 Å². The lowest BCUT2D eigenvalue weighted by atomic mass is 9.78. The minimum Gasteiger partial charge on any atom is -0.497 e. The Hall–Kier alpha value is -2.77. The van der Waals surface area contributed by atoms with Gasteiger partial charge in [0.15, 0.2) is 0 Å². The van der Waals surface area contributed by atoms with Gasteiger partial charge in [-0.25, -0.2) is 0 Å². The van der Waals surface area contributed by atoms with Crippen LogP contribution in [0.3, 0.4) is 0 Å². The van der Waals surface area contributed by atoms with Crippen LogP contribution in [0.15, 0.2) is 30.3 Å². The van der Waals surface area contributed by atoms with Crippen molar-refractivity contribution in [3.8, 4) is 11.5 Å². The van der Waals surface area contributed by atoms with Crippen molar-refractivity contribution in [3.63, 3.8) is 0 Å². The zero-order chi connectivity index (χ0) is 24.1. The number of rotatable bonds is 4. The fourth-order valence-corrected chi connectivity index (χ4v) is 6.03. The number of amides is 2. The number of hydrogen-bond acceptors (Lipinski definition) is 5. The average Bonchev–Trinajstić information content (AvgIpc) is 2.86. The maximum atomic E-state index is 13.6. The van der Waals surface area contributed by atoms with Crippen LogP contribution in [0.1, 0.15) is 46.8 Å². The number of carbonyl (C=O) groups is 3. The number of piperidine rings is 1. The minimum absolute atomic E-state index is 0.0365. The first-order chi connectivity index (χ1) is 16.4. The van der Waals surface area contributed by atoms with Crippen LogP contribution < -0.4 is 9.47 Å². The number of benzene rings is 2. The predicted octanol–water partition coefficient (Wildman–Crippen LogP) is 4.08. The lowest BCUT2D eigenvalue weighted by molar-refractivity contribution is -0.164. The summed E-state index contributed by atoms with van der Waals surface area (Å²) in [5.41, 5.74) is 1.93. The van der Waals surface area contributed by atoms with Crippen LogP contribution in [-0.4, -0.2) is 60.2 Å². The second-order valence-corrected chi connectivity index (χ2v) is 9.57. The van der Waals surface area contributed by atoms with E-state index in [4.69, 9.17) is 32.7 Å². The summed E-state index contributed by atoms with van der Waals surface area (Å²) in [6.45, 7) is 0.538. The first-order valence-corrected chi connectivity index (χ1v) is 12.0. The van der Waals surface area contributed by atoms with Gasteiger partial charge in [0.25, 0.3) is 11.7 Å². The Morgan fingerprint density at radius 3 is 2.62 bits per heavy atom. The first-order valence-electron chi connectivity index (χ1n) is 11.2. The summed E-state index contributed by atoms with van der Waals surface area (Å²) in [5.74, 6) is -0.346. The van der Waals surface area contributed by atoms with E-state index in [1.807, 2.05) is 11.0 Å². The zero-order valence-electron chi connectivity index (χ0n) is 18.8. The summed E-state index contributed by atoms with van der Waals surface area (Å²) < 4.78 is 11.1. The number of ketones is 1. The summed E-state index contributed by atoms with van der Waals surface area (Å²) in [6.07, 6.45) is 2.64. The van der Waals surface area contributed by atoms with Crippen LogP contribution >= 0.6 is 23.2 Å². The van der Waals surface area contributed by atoms with Crippen LogP contribution in [0.2, 0.25) is 10.0 Å². The molecule has 2 fully saturated rings. The average molecular weight is 503 g/mol. The largest absolute Gasteiger partial charge is 0.497 e. The standard InChI is InChI=1S/C25H24Cl2N2O5/c1-33-14-11-13-9-10-28-22(20(13)19(12-14)34-2)17-7-4-8-18(24(28)31)29(17)25(32)23(30)15-5-3-6-16(26)21(15)27/h3,5-6,11-12,17-18,22H,4,7-10H2,1-2H3/t17-,18+,22?/m1/s1. The summed E-state index contributed by atoms with van der Waals surface area (Å²) in [5, 5.41) is 0.232. The minimum atomic E-state index is -0.761. The topological polar surface area (TPSA) is 76.2 Å². The van der Waals surface area contributed by atoms with Gasteiger partial charge in [0, 0.05) is 23.7 Å². The molecule has 5 rings (SSSR count). The highest BCUT2D eigenvalue weighted by atomic mass is 35.5. The number of methoxy groups -OCH3 is 2. The van der Waals surface area contributed by atoms with E-state index >= 15 is 0 Å². The Balaban J connectivity index is 1.59. The van der Waals surface area contributed by atoms with Crippen molar-refractivity contribution in [2.24, 2.45) is 0 Å². The van der Waals surface area contributed by atoms with Gasteiger partial charge in [-0.15, -0.1) is 0 Å². The van der Waals surface area contributed by atoms with E-state index < -0.39 is 23.8 Å². The molecule has 0 N–H and O–H groups in total. The molecule has 3 aliphatic heterocycles. The third-order valence-electron chi connectivity index (χ3n) is 7.14. The molecule has 3 aliphatic rings. The summed E-state index contributed by atoms with van der Waals surface area (Å²) in [6, 6.07) is 6.94. The van der Waals surface area contributed by atoms with Crippen molar-refractivity contribution in [2.75, 3.05) is 20.8 Å². The lowest BCUT2D eigenvalue weighted by Crippen LogP contribution is -2.68. The summed E-state index contributed by atoms with van der Waals surface area (Å²) in [4.78, 5) is 43.8. The van der Waals surface area contributed by atoms with Crippen LogP contribution in [-0.2, 0) is 16.0 Å². The number of ether oxygens (including phenoxy) is 2. The molecule has 0 saturated carbocycles. The molecule has 2 amide bonds. The molecular weight excluding hydrogens is 479 g/mol. The third-order valence-corrected chi connectivity index (χ3v) is 7.96. The van der Waals surface area contributed by atoms with E-state index in [-0.39, 0.29) is 27.6 Å². The van der Waals surface area contributed by atoms with Gasteiger partial charge < -0.3 is 19.3 Å². The lowest BCUT2D eigenvalue weighted by Gasteiger charge is -2.55. The van der Waals surface area contributed by atoms with Crippen molar-refractivity contribution in [1.29, 1.82) is 0 Å². The monoisotopic (exact) mass is 502 g/mol. The van der Waals surface area contributed by atoms with E-state index in [2.05, 4.69) is 0 Å². The molecule has 1 unspecified atom stereocenters. The summed E-state index contributed by atoms with van der Waals surface area (Å²) in [7, 11) is 3.18. The van der Waals surface area contributed by atoms with Crippen LogP contribution in [0.25, 0.3) is 0 Å². The Morgan fingerprint density at radius 1 is 1.09 bits per heavy atom. The summed E-state index contributed by atoms with van der Waals surface area (Å²) >= 11 is 12.3. The molecule has 9 heteroatoms. The molecule has 178 valence electrons. The van der Waals surface area contributed by atoms with Gasteiger partial charge in [-0.3, -0.25) is 14.4 Å². The SMILES string of the molecule is COc1cc2c(c(OC)c1)C1[C@H]3CCC[C@@H](C(=O)N1CC2)N3C(=O)C(=O)c1cccc(Cl)c1Cl. The van der Waals surface area contributed by atoms with E-state index in [0.29, 0.717) is 37.3 Å². The molecule has 34 heavy (non-hydrogen) atoms. The van der Waals surface area contributed by atoms with Crippen molar-refractivity contribution in [2.45, 2.75) is 43.8 Å². The highest BCUT2D eigenvalue weighted by Gasteiger charge is 2.54. The zero-order valence-corrected chi connectivity index (χ0v) is 20.4. The van der Waals surface area contributed by atoms with Gasteiger partial charge in [0.05, 0.1) is 36.3 Å². The van der Waals surface area contributed by atoms with Crippen molar-refractivity contribution in [1.82, 2.24) is 9.80 Å². The van der Waals surface area contributed by atoms with Gasteiger partial charge in [-0.2, -0.15) is 0 Å². The molecule has 0 aromatic heterocycles. The highest BCUT2D eigenvalue weighted by Crippen LogP contribution is 2.48. The molecule has 2 bridgehead atoms. The van der Waals surface area contributed by atoms with E-state index in [1.165, 1.54) is 11.0 Å². The number of nitrogens with zero attached hydrogens (tertiary/aromatic N) is 2. The fourth-order valence-electron chi connectivity index (χ4n) is 5.65. The first kappa shape index (κ1) is 23.0. The molecule has 0 aliphatic carbocycles. The number of hydrogen-bond donors (Lipinski definition) is 0. The molecule has 0 radical (unpaired) electrons. The van der Waals surface area contributed by atoms with Crippen molar-refractivity contribution in [3.05, 3.63) is 57.1 Å². The van der Waals surface area contributed by atoms with Crippen LogP contribution in [0.4, 0.5) is 0 Å².